The molecule has 1 aliphatic heterocycles. The Kier molecular flexibility index (Phi) is 4.59. The number of aryl methyl sites for hydroxylation is 1. The molecule has 0 saturated carbocycles. The van der Waals surface area contributed by atoms with E-state index in [4.69, 9.17) is 5.11 Å². The van der Waals surface area contributed by atoms with E-state index in [0.29, 0.717) is 13.1 Å². The Hall–Kier alpha value is -1.63. The third-order valence-electron chi connectivity index (χ3n) is 3.38. The van der Waals surface area contributed by atoms with Gasteiger partial charge < -0.3 is 15.3 Å². The van der Waals surface area contributed by atoms with E-state index in [9.17, 15) is 9.59 Å². The minimum absolute atomic E-state index is 0.0654. The number of rotatable bonds is 4. The molecule has 1 fully saturated rings. The Balaban J connectivity index is 1.85. The first-order chi connectivity index (χ1) is 9.45. The van der Waals surface area contributed by atoms with Gasteiger partial charge in [0.15, 0.2) is 0 Å². The lowest BCUT2D eigenvalue weighted by Gasteiger charge is -2.20. The van der Waals surface area contributed by atoms with Crippen molar-refractivity contribution in [1.82, 2.24) is 15.2 Å². The summed E-state index contributed by atoms with van der Waals surface area (Å²) in [4.78, 5) is 28.8. The number of urea groups is 1. The standard InChI is InChI=1S/C13H19N3O3S/c1-8-7-20-12(14-8)9(2)15-13(19)16-4-3-10(6-16)5-11(17)18/h7,9-10H,3-6H2,1-2H3,(H,15,19)(H,17,18). The zero-order chi connectivity index (χ0) is 14.7. The first-order valence-corrected chi connectivity index (χ1v) is 7.53. The van der Waals surface area contributed by atoms with Crippen LogP contribution in [0.1, 0.15) is 36.5 Å². The second kappa shape index (κ2) is 6.21. The highest BCUT2D eigenvalue weighted by Crippen LogP contribution is 2.21. The number of hydrogen-bond donors (Lipinski definition) is 2. The first kappa shape index (κ1) is 14.8. The van der Waals surface area contributed by atoms with Gasteiger partial charge in [0.1, 0.15) is 5.01 Å². The van der Waals surface area contributed by atoms with E-state index >= 15 is 0 Å². The van der Waals surface area contributed by atoms with Gasteiger partial charge in [-0.2, -0.15) is 0 Å². The van der Waals surface area contributed by atoms with Gasteiger partial charge in [-0.3, -0.25) is 4.79 Å². The maximum atomic E-state index is 12.1. The fourth-order valence-corrected chi connectivity index (χ4v) is 3.14. The third-order valence-corrected chi connectivity index (χ3v) is 4.53. The van der Waals surface area contributed by atoms with Crippen LogP contribution in [0.15, 0.2) is 5.38 Å². The molecule has 1 saturated heterocycles. The van der Waals surface area contributed by atoms with Crippen LogP contribution in [-0.2, 0) is 4.79 Å². The molecule has 0 radical (unpaired) electrons. The van der Waals surface area contributed by atoms with Crippen molar-refractivity contribution >= 4 is 23.3 Å². The molecule has 0 bridgehead atoms. The Bertz CT molecular complexity index is 503. The van der Waals surface area contributed by atoms with E-state index in [0.717, 1.165) is 17.1 Å². The lowest BCUT2D eigenvalue weighted by Crippen LogP contribution is -2.39. The van der Waals surface area contributed by atoms with Crippen LogP contribution in [0.3, 0.4) is 0 Å². The monoisotopic (exact) mass is 297 g/mol. The Labute approximate surface area is 121 Å². The summed E-state index contributed by atoms with van der Waals surface area (Å²) < 4.78 is 0. The lowest BCUT2D eigenvalue weighted by atomic mass is 10.1. The van der Waals surface area contributed by atoms with E-state index in [1.165, 1.54) is 11.3 Å². The van der Waals surface area contributed by atoms with Gasteiger partial charge in [0, 0.05) is 30.6 Å². The summed E-state index contributed by atoms with van der Waals surface area (Å²) in [7, 11) is 0. The topological polar surface area (TPSA) is 82.5 Å². The normalized spacial score (nSPS) is 19.9. The van der Waals surface area contributed by atoms with Crippen LogP contribution < -0.4 is 5.32 Å². The van der Waals surface area contributed by atoms with Crippen LogP contribution in [0.2, 0.25) is 0 Å². The van der Waals surface area contributed by atoms with Crippen molar-refractivity contribution in [2.45, 2.75) is 32.7 Å². The van der Waals surface area contributed by atoms with Crippen LogP contribution in [0, 0.1) is 12.8 Å². The molecule has 2 unspecified atom stereocenters. The summed E-state index contributed by atoms with van der Waals surface area (Å²) in [6.07, 6.45) is 0.884. The number of carbonyl (C=O) groups excluding carboxylic acids is 1. The number of likely N-dealkylation sites (tertiary alicyclic amines) is 1. The number of nitrogens with one attached hydrogen (secondary N) is 1. The molecule has 2 amide bonds. The number of hydrogen-bond acceptors (Lipinski definition) is 4. The van der Waals surface area contributed by atoms with Gasteiger partial charge in [-0.25, -0.2) is 9.78 Å². The fourth-order valence-electron chi connectivity index (χ4n) is 2.34. The van der Waals surface area contributed by atoms with Gasteiger partial charge in [-0.05, 0) is 26.2 Å². The van der Waals surface area contributed by atoms with Crippen LogP contribution in [0.25, 0.3) is 0 Å². The first-order valence-electron chi connectivity index (χ1n) is 6.65. The number of amides is 2. The number of carboxylic acid groups (broad SMARTS) is 1. The zero-order valence-corrected chi connectivity index (χ0v) is 12.4. The number of nitrogens with zero attached hydrogens (tertiary/aromatic N) is 2. The van der Waals surface area contributed by atoms with Crippen LogP contribution in [0.4, 0.5) is 4.79 Å². The third kappa shape index (κ3) is 3.69. The molecule has 1 aromatic heterocycles. The van der Waals surface area contributed by atoms with Crippen molar-refractivity contribution in [3.63, 3.8) is 0 Å². The second-order valence-corrected chi connectivity index (χ2v) is 6.09. The molecule has 1 aliphatic rings. The Morgan fingerprint density at radius 3 is 3.00 bits per heavy atom. The van der Waals surface area contributed by atoms with Gasteiger partial charge in [-0.1, -0.05) is 0 Å². The Morgan fingerprint density at radius 1 is 1.65 bits per heavy atom. The molecule has 0 spiro atoms. The Morgan fingerprint density at radius 2 is 2.40 bits per heavy atom. The summed E-state index contributed by atoms with van der Waals surface area (Å²) >= 11 is 1.53. The fraction of sp³-hybridized carbons (Fsp3) is 0.615. The molecule has 2 rings (SSSR count). The second-order valence-electron chi connectivity index (χ2n) is 5.20. The van der Waals surface area contributed by atoms with Crippen molar-refractivity contribution < 1.29 is 14.7 Å². The van der Waals surface area contributed by atoms with Gasteiger partial charge in [-0.15, -0.1) is 11.3 Å². The molecule has 2 N–H and O–H groups in total. The van der Waals surface area contributed by atoms with Gasteiger partial charge >= 0.3 is 12.0 Å². The summed E-state index contributed by atoms with van der Waals surface area (Å²) in [5.41, 5.74) is 0.953. The van der Waals surface area contributed by atoms with Crippen molar-refractivity contribution in [3.8, 4) is 0 Å². The van der Waals surface area contributed by atoms with Gasteiger partial charge in [0.05, 0.1) is 6.04 Å². The van der Waals surface area contributed by atoms with Crippen molar-refractivity contribution in [1.29, 1.82) is 0 Å². The molecule has 2 atom stereocenters. The van der Waals surface area contributed by atoms with Crippen LogP contribution in [-0.4, -0.2) is 40.1 Å². The molecule has 1 aromatic rings. The number of aromatic nitrogens is 1. The molecule has 2 heterocycles. The minimum atomic E-state index is -0.802. The molecule has 110 valence electrons. The summed E-state index contributed by atoms with van der Waals surface area (Å²) in [5.74, 6) is -0.737. The molecule has 0 aliphatic carbocycles. The van der Waals surface area contributed by atoms with E-state index in [1.54, 1.807) is 4.90 Å². The summed E-state index contributed by atoms with van der Waals surface area (Å²) in [6.45, 7) is 4.96. The van der Waals surface area contributed by atoms with E-state index in [-0.39, 0.29) is 24.4 Å². The number of carboxylic acids is 1. The quantitative estimate of drug-likeness (QED) is 0.890. The number of carbonyl (C=O) groups is 2. The number of thiazole rings is 1. The lowest BCUT2D eigenvalue weighted by molar-refractivity contribution is -0.138. The number of aliphatic carboxylic acids is 1. The minimum Gasteiger partial charge on any atom is -0.481 e. The highest BCUT2D eigenvalue weighted by molar-refractivity contribution is 7.09. The predicted molar refractivity (Wildman–Crippen MR) is 75.7 cm³/mol. The molecular weight excluding hydrogens is 278 g/mol. The average molecular weight is 297 g/mol. The van der Waals surface area contributed by atoms with Crippen molar-refractivity contribution in [2.75, 3.05) is 13.1 Å². The maximum absolute atomic E-state index is 12.1. The largest absolute Gasteiger partial charge is 0.481 e. The summed E-state index contributed by atoms with van der Waals surface area (Å²) in [6, 6.07) is -0.266. The molecule has 0 aromatic carbocycles. The van der Waals surface area contributed by atoms with E-state index < -0.39 is 5.97 Å². The smallest absolute Gasteiger partial charge is 0.317 e. The van der Waals surface area contributed by atoms with Gasteiger partial charge in [0.25, 0.3) is 0 Å². The maximum Gasteiger partial charge on any atom is 0.317 e. The highest BCUT2D eigenvalue weighted by Gasteiger charge is 2.28. The van der Waals surface area contributed by atoms with Crippen molar-refractivity contribution in [3.05, 3.63) is 16.1 Å². The average Bonchev–Trinajstić information content (AvgIpc) is 2.97. The highest BCUT2D eigenvalue weighted by atomic mass is 32.1. The predicted octanol–water partition coefficient (Wildman–Crippen LogP) is 2.02. The van der Waals surface area contributed by atoms with Crippen LogP contribution >= 0.6 is 11.3 Å². The molecule has 7 heteroatoms. The van der Waals surface area contributed by atoms with Crippen LogP contribution in [0.5, 0.6) is 0 Å². The zero-order valence-electron chi connectivity index (χ0n) is 11.6. The van der Waals surface area contributed by atoms with E-state index in [1.807, 2.05) is 19.2 Å². The van der Waals surface area contributed by atoms with Gasteiger partial charge in [0.2, 0.25) is 0 Å². The SMILES string of the molecule is Cc1csc(C(C)NC(=O)N2CCC(CC(=O)O)C2)n1. The molecular formula is C13H19N3O3S. The van der Waals surface area contributed by atoms with Crippen molar-refractivity contribution in [2.24, 2.45) is 5.92 Å². The summed E-state index contributed by atoms with van der Waals surface area (Å²) in [5, 5.41) is 14.5. The molecule has 20 heavy (non-hydrogen) atoms. The molecule has 6 nitrogen and oxygen atoms in total. The van der Waals surface area contributed by atoms with E-state index in [2.05, 4.69) is 10.3 Å².